The second kappa shape index (κ2) is 9.29. The minimum Gasteiger partial charge on any atom is -0.378 e. The zero-order valence-corrected chi connectivity index (χ0v) is 17.6. The molecule has 1 amide bonds. The summed E-state index contributed by atoms with van der Waals surface area (Å²) < 4.78 is 5.99. The monoisotopic (exact) mass is 410 g/mol. The average Bonchev–Trinajstić information content (AvgIpc) is 3.32. The summed E-state index contributed by atoms with van der Waals surface area (Å²) in [4.78, 5) is 12.7. The lowest BCUT2D eigenvalue weighted by molar-refractivity contribution is 0.0948. The molecule has 3 N–H and O–H groups in total. The highest BCUT2D eigenvalue weighted by Gasteiger charge is 2.23. The number of amides is 1. The molecule has 3 aromatic rings. The molecule has 0 radical (unpaired) electrons. The molecule has 0 aliphatic rings. The highest BCUT2D eigenvalue weighted by molar-refractivity contribution is 6.00. The molecule has 30 heavy (non-hydrogen) atoms. The number of carbonyl (C=O) groups excluding carboxylic acids is 1. The predicted molar refractivity (Wildman–Crippen MR) is 112 cm³/mol. The summed E-state index contributed by atoms with van der Waals surface area (Å²) >= 11 is 0. The Balaban J connectivity index is 1.77. The molecule has 0 saturated carbocycles. The molecule has 0 aliphatic heterocycles. The lowest BCUT2D eigenvalue weighted by Gasteiger charge is -2.07. The smallest absolute Gasteiger partial charge is 0.293 e. The molecule has 0 saturated heterocycles. The van der Waals surface area contributed by atoms with E-state index < -0.39 is 5.91 Å². The van der Waals surface area contributed by atoms with Gasteiger partial charge in [-0.2, -0.15) is 9.78 Å². The first-order valence-electron chi connectivity index (χ1n) is 9.87. The van der Waals surface area contributed by atoms with E-state index in [9.17, 15) is 4.79 Å². The van der Waals surface area contributed by atoms with Gasteiger partial charge in [-0.25, -0.2) is 10.1 Å². The average molecular weight is 410 g/mol. The fourth-order valence-corrected chi connectivity index (χ4v) is 3.05. The van der Waals surface area contributed by atoms with Gasteiger partial charge >= 0.3 is 0 Å². The van der Waals surface area contributed by atoms with E-state index in [4.69, 9.17) is 5.73 Å². The lowest BCUT2D eigenvalue weighted by Crippen LogP contribution is -2.21. The largest absolute Gasteiger partial charge is 0.378 e. The van der Waals surface area contributed by atoms with E-state index in [1.165, 1.54) is 10.2 Å². The van der Waals surface area contributed by atoms with E-state index in [0.29, 0.717) is 23.7 Å². The summed E-state index contributed by atoms with van der Waals surface area (Å²) in [6.45, 7) is 8.19. The van der Waals surface area contributed by atoms with Gasteiger partial charge in [-0.3, -0.25) is 4.79 Å². The van der Waals surface area contributed by atoms with Crippen molar-refractivity contribution in [2.24, 2.45) is 11.0 Å². The SMILES string of the molecule is CCCc1c(C(=O)NN=C(C)c2ccc(CC(C)C)cc2)nnn1-c1nonc1N. The van der Waals surface area contributed by atoms with Crippen molar-refractivity contribution in [1.82, 2.24) is 30.7 Å². The van der Waals surface area contributed by atoms with Crippen molar-refractivity contribution in [2.45, 2.75) is 47.0 Å². The topological polar surface area (TPSA) is 137 Å². The van der Waals surface area contributed by atoms with Gasteiger partial charge in [0.25, 0.3) is 5.91 Å². The molecule has 0 aliphatic carbocycles. The fourth-order valence-electron chi connectivity index (χ4n) is 3.05. The van der Waals surface area contributed by atoms with Gasteiger partial charge in [0.1, 0.15) is 0 Å². The Kier molecular flexibility index (Phi) is 6.55. The number of nitrogens with two attached hydrogens (primary N) is 1. The number of nitrogen functional groups attached to an aromatic ring is 1. The summed E-state index contributed by atoms with van der Waals surface area (Å²) in [5.74, 6) is 0.402. The van der Waals surface area contributed by atoms with Crippen LogP contribution >= 0.6 is 0 Å². The summed E-state index contributed by atoms with van der Waals surface area (Å²) in [5, 5.41) is 19.5. The zero-order chi connectivity index (χ0) is 21.7. The van der Waals surface area contributed by atoms with Crippen LogP contribution in [-0.4, -0.2) is 36.9 Å². The normalized spacial score (nSPS) is 11.8. The first-order chi connectivity index (χ1) is 14.4. The lowest BCUT2D eigenvalue weighted by atomic mass is 10.0. The number of hydrogen-bond donors (Lipinski definition) is 2. The first-order valence-corrected chi connectivity index (χ1v) is 9.87. The predicted octanol–water partition coefficient (Wildman–Crippen LogP) is 2.54. The third-order valence-corrected chi connectivity index (χ3v) is 4.50. The zero-order valence-electron chi connectivity index (χ0n) is 17.6. The molecule has 3 rings (SSSR count). The number of nitrogens with one attached hydrogen (secondary N) is 1. The van der Waals surface area contributed by atoms with Gasteiger partial charge in [-0.1, -0.05) is 56.7 Å². The number of hydrogen-bond acceptors (Lipinski definition) is 8. The second-order valence-electron chi connectivity index (χ2n) is 7.45. The van der Waals surface area contributed by atoms with Gasteiger partial charge in [-0.05, 0) is 47.1 Å². The van der Waals surface area contributed by atoms with Crippen LogP contribution in [0.15, 0.2) is 34.0 Å². The number of aromatic nitrogens is 5. The molecule has 2 aromatic heterocycles. The maximum atomic E-state index is 12.7. The number of rotatable bonds is 8. The Bertz CT molecular complexity index is 1030. The van der Waals surface area contributed by atoms with Crippen LogP contribution in [-0.2, 0) is 12.8 Å². The van der Waals surface area contributed by atoms with Crippen molar-refractivity contribution in [3.05, 3.63) is 46.8 Å². The first kappa shape index (κ1) is 21.2. The standard InChI is InChI=1S/C20H26N8O2/c1-5-6-16-17(23-27-28(16)19-18(21)25-30-26-19)20(29)24-22-13(4)15-9-7-14(8-10-15)11-12(2)3/h7-10,12H,5-6,11H2,1-4H3,(H2,21,25)(H,24,29). The van der Waals surface area contributed by atoms with Gasteiger partial charge in [0.15, 0.2) is 5.69 Å². The summed E-state index contributed by atoms with van der Waals surface area (Å²) in [5.41, 5.74) is 11.9. The maximum absolute atomic E-state index is 12.7. The number of nitrogens with zero attached hydrogens (tertiary/aromatic N) is 6. The van der Waals surface area contributed by atoms with Gasteiger partial charge in [0, 0.05) is 0 Å². The molecule has 158 valence electrons. The van der Waals surface area contributed by atoms with Gasteiger partial charge in [0.2, 0.25) is 11.6 Å². The second-order valence-corrected chi connectivity index (χ2v) is 7.45. The molecule has 0 fully saturated rings. The number of hydrazone groups is 1. The van der Waals surface area contributed by atoms with Crippen LogP contribution in [0.3, 0.4) is 0 Å². The van der Waals surface area contributed by atoms with Crippen LogP contribution < -0.4 is 11.2 Å². The van der Waals surface area contributed by atoms with Crippen molar-refractivity contribution in [1.29, 1.82) is 0 Å². The molecule has 2 heterocycles. The van der Waals surface area contributed by atoms with Crippen LogP contribution in [0.1, 0.15) is 61.4 Å². The van der Waals surface area contributed by atoms with Crippen molar-refractivity contribution in [3.63, 3.8) is 0 Å². The number of benzene rings is 1. The van der Waals surface area contributed by atoms with Crippen LogP contribution in [0, 0.1) is 5.92 Å². The van der Waals surface area contributed by atoms with Gasteiger partial charge < -0.3 is 5.73 Å². The third-order valence-electron chi connectivity index (χ3n) is 4.50. The van der Waals surface area contributed by atoms with E-state index in [1.807, 2.05) is 26.0 Å². The molecule has 0 bridgehead atoms. The molecule has 10 heteroatoms. The molecule has 0 spiro atoms. The third kappa shape index (κ3) is 4.70. The van der Waals surface area contributed by atoms with Gasteiger partial charge in [-0.15, -0.1) is 5.10 Å². The molecular formula is C20H26N8O2. The quantitative estimate of drug-likeness (QED) is 0.430. The molecule has 1 aromatic carbocycles. The fraction of sp³-hybridized carbons (Fsp3) is 0.400. The Morgan fingerprint density at radius 1 is 1.27 bits per heavy atom. The van der Waals surface area contributed by atoms with E-state index in [2.05, 4.69) is 61.8 Å². The molecule has 10 nitrogen and oxygen atoms in total. The van der Waals surface area contributed by atoms with E-state index >= 15 is 0 Å². The minimum absolute atomic E-state index is 0.0685. The maximum Gasteiger partial charge on any atom is 0.293 e. The van der Waals surface area contributed by atoms with Crippen LogP contribution in [0.4, 0.5) is 5.82 Å². The van der Waals surface area contributed by atoms with Crippen LogP contribution in [0.5, 0.6) is 0 Å². The number of carbonyl (C=O) groups is 1. The summed E-state index contributed by atoms with van der Waals surface area (Å²) in [7, 11) is 0. The summed E-state index contributed by atoms with van der Waals surface area (Å²) in [6, 6.07) is 8.17. The van der Waals surface area contributed by atoms with Gasteiger partial charge in [0.05, 0.1) is 11.4 Å². The summed E-state index contributed by atoms with van der Waals surface area (Å²) in [6.07, 6.45) is 2.33. The number of anilines is 1. The van der Waals surface area contributed by atoms with Crippen molar-refractivity contribution in [3.8, 4) is 5.82 Å². The van der Waals surface area contributed by atoms with E-state index in [-0.39, 0.29) is 17.3 Å². The Morgan fingerprint density at radius 2 is 2.00 bits per heavy atom. The van der Waals surface area contributed by atoms with Crippen molar-refractivity contribution < 1.29 is 9.42 Å². The molecule has 0 atom stereocenters. The molecular weight excluding hydrogens is 384 g/mol. The minimum atomic E-state index is -0.462. The Morgan fingerprint density at radius 3 is 2.60 bits per heavy atom. The Hall–Kier alpha value is -3.56. The Labute approximate surface area is 174 Å². The highest BCUT2D eigenvalue weighted by Crippen LogP contribution is 2.17. The van der Waals surface area contributed by atoms with E-state index in [1.54, 1.807) is 0 Å². The van der Waals surface area contributed by atoms with Crippen LogP contribution in [0.2, 0.25) is 0 Å². The van der Waals surface area contributed by atoms with E-state index in [0.717, 1.165) is 18.4 Å². The van der Waals surface area contributed by atoms with Crippen LogP contribution in [0.25, 0.3) is 5.82 Å². The highest BCUT2D eigenvalue weighted by atomic mass is 16.6. The van der Waals surface area contributed by atoms with Crippen molar-refractivity contribution >= 4 is 17.4 Å². The molecule has 0 unspecified atom stereocenters. The van der Waals surface area contributed by atoms with Crippen molar-refractivity contribution in [2.75, 3.05) is 5.73 Å².